The van der Waals surface area contributed by atoms with Crippen LogP contribution in [0, 0.1) is 0 Å². The van der Waals surface area contributed by atoms with E-state index in [1.54, 1.807) is 13.2 Å². The van der Waals surface area contributed by atoms with Gasteiger partial charge < -0.3 is 4.74 Å². The van der Waals surface area contributed by atoms with Crippen molar-refractivity contribution in [2.24, 2.45) is 0 Å². The van der Waals surface area contributed by atoms with Crippen LogP contribution >= 0.6 is 15.9 Å². The average Bonchev–Trinajstić information content (AvgIpc) is 2.52. The van der Waals surface area contributed by atoms with Gasteiger partial charge in [0.25, 0.3) is 0 Å². The number of halogens is 1. The molecule has 126 valence electrons. The maximum absolute atomic E-state index is 12.1. The minimum atomic E-state index is -0.507. The molecular weight excluding hydrogens is 368 g/mol. The molecule has 0 spiro atoms. The van der Waals surface area contributed by atoms with Crippen molar-refractivity contribution in [1.82, 2.24) is 4.98 Å². The molecule has 0 saturated carbocycles. The Kier molecular flexibility index (Phi) is 5.78. The zero-order valence-corrected chi connectivity index (χ0v) is 15.9. The molecule has 0 N–H and O–H groups in total. The number of pyridine rings is 1. The van der Waals surface area contributed by atoms with Gasteiger partial charge >= 0.3 is 6.09 Å². The van der Waals surface area contributed by atoms with Gasteiger partial charge in [0.1, 0.15) is 10.2 Å². The molecule has 0 bridgehead atoms. The Bertz CT molecular complexity index is 717. The molecule has 0 aliphatic carbocycles. The van der Waals surface area contributed by atoms with Crippen LogP contribution in [0.1, 0.15) is 31.9 Å². The van der Waals surface area contributed by atoms with Crippen molar-refractivity contribution in [3.05, 3.63) is 58.3 Å². The van der Waals surface area contributed by atoms with Gasteiger partial charge in [0.2, 0.25) is 0 Å². The number of rotatable bonds is 3. The summed E-state index contributed by atoms with van der Waals surface area (Å²) in [7, 11) is 1.70. The van der Waals surface area contributed by atoms with E-state index in [1.165, 1.54) is 4.90 Å². The Morgan fingerprint density at radius 2 is 1.67 bits per heavy atom. The molecule has 2 rings (SSSR count). The van der Waals surface area contributed by atoms with Crippen molar-refractivity contribution < 1.29 is 9.53 Å². The van der Waals surface area contributed by atoms with E-state index in [1.807, 2.05) is 69.3 Å². The summed E-state index contributed by atoms with van der Waals surface area (Å²) in [4.78, 5) is 17.7. The summed E-state index contributed by atoms with van der Waals surface area (Å²) in [5, 5.41) is 0. The fourth-order valence-electron chi connectivity index (χ4n) is 1.92. The summed E-state index contributed by atoms with van der Waals surface area (Å²) in [6.45, 7) is 5.55. The van der Waals surface area contributed by atoms with Crippen molar-refractivity contribution in [2.45, 2.75) is 26.4 Å². The number of aromatic nitrogens is 1. The van der Waals surface area contributed by atoms with Crippen LogP contribution < -0.4 is 4.90 Å². The number of amides is 1. The first-order chi connectivity index (χ1) is 11.2. The molecular formula is C19H21BrN2O2. The number of carbonyl (C=O) groups is 1. The third-order valence-corrected chi connectivity index (χ3v) is 3.64. The standard InChI is InChI=1S/C19H21BrN2O2/c1-19(2,3)24-18(23)22(4)16-10-7-14(8-11-16)5-6-15-9-12-17(20)21-13-15/h5-13H,1-4H3/b6-5+. The minimum Gasteiger partial charge on any atom is -0.443 e. The first-order valence-corrected chi connectivity index (χ1v) is 8.40. The highest BCUT2D eigenvalue weighted by Crippen LogP contribution is 2.18. The molecule has 1 aromatic carbocycles. The number of hydrogen-bond donors (Lipinski definition) is 0. The lowest BCUT2D eigenvalue weighted by Gasteiger charge is -2.24. The van der Waals surface area contributed by atoms with Crippen molar-refractivity contribution in [2.75, 3.05) is 11.9 Å². The fourth-order valence-corrected chi connectivity index (χ4v) is 2.16. The van der Waals surface area contributed by atoms with Crippen LogP contribution in [-0.2, 0) is 4.74 Å². The number of carbonyl (C=O) groups excluding carboxylic acids is 1. The first-order valence-electron chi connectivity index (χ1n) is 7.61. The van der Waals surface area contributed by atoms with E-state index in [-0.39, 0.29) is 6.09 Å². The predicted molar refractivity (Wildman–Crippen MR) is 102 cm³/mol. The lowest BCUT2D eigenvalue weighted by molar-refractivity contribution is 0.0589. The van der Waals surface area contributed by atoms with E-state index in [9.17, 15) is 4.79 Å². The van der Waals surface area contributed by atoms with Gasteiger partial charge in [-0.05, 0) is 66.0 Å². The highest BCUT2D eigenvalue weighted by Gasteiger charge is 2.20. The van der Waals surface area contributed by atoms with E-state index < -0.39 is 5.60 Å². The Labute approximate surface area is 151 Å². The topological polar surface area (TPSA) is 42.4 Å². The number of nitrogens with zero attached hydrogens (tertiary/aromatic N) is 2. The molecule has 0 aliphatic heterocycles. The lowest BCUT2D eigenvalue weighted by Crippen LogP contribution is -2.34. The van der Waals surface area contributed by atoms with Crippen molar-refractivity contribution in [1.29, 1.82) is 0 Å². The molecule has 24 heavy (non-hydrogen) atoms. The molecule has 1 aromatic heterocycles. The van der Waals surface area contributed by atoms with Crippen LogP contribution in [0.2, 0.25) is 0 Å². The summed E-state index contributed by atoms with van der Waals surface area (Å²) in [6.07, 6.45) is 5.42. The van der Waals surface area contributed by atoms with Crippen LogP contribution in [-0.4, -0.2) is 23.7 Å². The smallest absolute Gasteiger partial charge is 0.414 e. The van der Waals surface area contributed by atoms with E-state index in [2.05, 4.69) is 20.9 Å². The van der Waals surface area contributed by atoms with E-state index in [4.69, 9.17) is 4.74 Å². The highest BCUT2D eigenvalue weighted by atomic mass is 79.9. The Balaban J connectivity index is 2.04. The van der Waals surface area contributed by atoms with Gasteiger partial charge in [-0.25, -0.2) is 9.78 Å². The predicted octanol–water partition coefficient (Wildman–Crippen LogP) is 5.39. The Hall–Kier alpha value is -2.14. The second-order valence-electron chi connectivity index (χ2n) is 6.38. The summed E-state index contributed by atoms with van der Waals surface area (Å²) in [5.74, 6) is 0. The second kappa shape index (κ2) is 7.62. The van der Waals surface area contributed by atoms with Crippen LogP contribution in [0.15, 0.2) is 47.2 Å². The second-order valence-corrected chi connectivity index (χ2v) is 7.19. The normalized spacial score (nSPS) is 11.5. The zero-order chi connectivity index (χ0) is 17.7. The van der Waals surface area contributed by atoms with Crippen molar-refractivity contribution >= 4 is 39.9 Å². The number of anilines is 1. The van der Waals surface area contributed by atoms with Crippen molar-refractivity contribution in [3.63, 3.8) is 0 Å². The molecule has 2 aromatic rings. The summed E-state index contributed by atoms with van der Waals surface area (Å²) in [5.41, 5.74) is 2.34. The maximum atomic E-state index is 12.1. The number of benzene rings is 1. The Morgan fingerprint density at radius 1 is 1.08 bits per heavy atom. The highest BCUT2D eigenvalue weighted by molar-refractivity contribution is 9.10. The molecule has 0 atom stereocenters. The summed E-state index contributed by atoms with van der Waals surface area (Å²) < 4.78 is 6.18. The van der Waals surface area contributed by atoms with Crippen LogP contribution in [0.3, 0.4) is 0 Å². The quantitative estimate of drug-likeness (QED) is 0.662. The van der Waals surface area contributed by atoms with Gasteiger partial charge in [0.05, 0.1) is 0 Å². The van der Waals surface area contributed by atoms with Gasteiger partial charge in [0.15, 0.2) is 0 Å². The van der Waals surface area contributed by atoms with Crippen LogP contribution in [0.25, 0.3) is 12.2 Å². The number of hydrogen-bond acceptors (Lipinski definition) is 3. The van der Waals surface area contributed by atoms with Crippen LogP contribution in [0.4, 0.5) is 10.5 Å². The lowest BCUT2D eigenvalue weighted by atomic mass is 10.1. The molecule has 1 amide bonds. The minimum absolute atomic E-state index is 0.369. The SMILES string of the molecule is CN(C(=O)OC(C)(C)C)c1ccc(/C=C/c2ccc(Br)nc2)cc1. The fraction of sp³-hybridized carbons (Fsp3) is 0.263. The molecule has 4 nitrogen and oxygen atoms in total. The maximum Gasteiger partial charge on any atom is 0.414 e. The van der Waals surface area contributed by atoms with E-state index >= 15 is 0 Å². The third kappa shape index (κ3) is 5.49. The molecule has 0 fully saturated rings. The average molecular weight is 389 g/mol. The van der Waals surface area contributed by atoms with Gasteiger partial charge in [0, 0.05) is 18.9 Å². The van der Waals surface area contributed by atoms with E-state index in [0.29, 0.717) is 0 Å². The Morgan fingerprint density at radius 3 is 2.21 bits per heavy atom. The van der Waals surface area contributed by atoms with Gasteiger partial charge in [-0.2, -0.15) is 0 Å². The van der Waals surface area contributed by atoms with Gasteiger partial charge in [-0.1, -0.05) is 30.4 Å². The molecule has 0 radical (unpaired) electrons. The molecule has 0 saturated heterocycles. The van der Waals surface area contributed by atoms with E-state index in [0.717, 1.165) is 21.4 Å². The monoisotopic (exact) mass is 388 g/mol. The largest absolute Gasteiger partial charge is 0.443 e. The number of ether oxygens (including phenoxy) is 1. The molecule has 1 heterocycles. The summed E-state index contributed by atoms with van der Waals surface area (Å²) >= 11 is 3.32. The molecule has 5 heteroatoms. The third-order valence-electron chi connectivity index (χ3n) is 3.17. The van der Waals surface area contributed by atoms with Crippen molar-refractivity contribution in [3.8, 4) is 0 Å². The van der Waals surface area contributed by atoms with Gasteiger partial charge in [-0.15, -0.1) is 0 Å². The first kappa shape index (κ1) is 18.2. The summed E-state index contributed by atoms with van der Waals surface area (Å²) in [6, 6.07) is 11.6. The van der Waals surface area contributed by atoms with Gasteiger partial charge in [-0.3, -0.25) is 4.90 Å². The molecule has 0 unspecified atom stereocenters. The molecule has 0 aliphatic rings. The van der Waals surface area contributed by atoms with Crippen LogP contribution in [0.5, 0.6) is 0 Å². The zero-order valence-electron chi connectivity index (χ0n) is 14.3.